The number of aliphatic imine (C=N–C) groups is 1. The number of carbonyl (C=O) groups is 1. The summed E-state index contributed by atoms with van der Waals surface area (Å²) in [7, 11) is 5.09. The van der Waals surface area contributed by atoms with Crippen LogP contribution < -0.4 is 14.8 Å². The Bertz CT molecular complexity index is 768. The molecule has 0 radical (unpaired) electrons. The second-order valence-corrected chi connectivity index (χ2v) is 9.00. The molecule has 1 aliphatic rings. The second kappa shape index (κ2) is 11.8. The van der Waals surface area contributed by atoms with Crippen molar-refractivity contribution in [3.8, 4) is 11.5 Å². The zero-order valence-electron chi connectivity index (χ0n) is 20.7. The van der Waals surface area contributed by atoms with Crippen LogP contribution in [0.5, 0.6) is 11.5 Å². The Morgan fingerprint density at radius 1 is 1.22 bits per heavy atom. The maximum atomic E-state index is 12.4. The number of piperidine rings is 1. The van der Waals surface area contributed by atoms with E-state index in [-0.39, 0.29) is 6.09 Å². The Morgan fingerprint density at radius 2 is 1.91 bits per heavy atom. The first-order chi connectivity index (χ1) is 15.2. The van der Waals surface area contributed by atoms with E-state index in [0.717, 1.165) is 49.7 Å². The minimum absolute atomic E-state index is 0.229. The highest BCUT2D eigenvalue weighted by molar-refractivity contribution is 5.80. The lowest BCUT2D eigenvalue weighted by molar-refractivity contribution is 0.0214. The number of likely N-dealkylation sites (tertiary alicyclic amines) is 1. The third kappa shape index (κ3) is 7.21. The van der Waals surface area contributed by atoms with Crippen LogP contribution in [-0.2, 0) is 11.3 Å². The number of nitrogens with one attached hydrogen (secondary N) is 1. The normalized spacial score (nSPS) is 15.3. The average molecular weight is 449 g/mol. The number of rotatable bonds is 7. The summed E-state index contributed by atoms with van der Waals surface area (Å²) < 4.78 is 16.5. The van der Waals surface area contributed by atoms with Crippen LogP contribution in [0.25, 0.3) is 0 Å². The summed E-state index contributed by atoms with van der Waals surface area (Å²) in [5.41, 5.74) is 0.538. The predicted molar refractivity (Wildman–Crippen MR) is 128 cm³/mol. The van der Waals surface area contributed by atoms with E-state index in [2.05, 4.69) is 15.2 Å². The molecular weight excluding hydrogens is 408 g/mol. The summed E-state index contributed by atoms with van der Waals surface area (Å²) in [6, 6.07) is 5.86. The van der Waals surface area contributed by atoms with Crippen molar-refractivity contribution in [2.75, 3.05) is 47.4 Å². The van der Waals surface area contributed by atoms with Gasteiger partial charge in [0.25, 0.3) is 0 Å². The monoisotopic (exact) mass is 448 g/mol. The Morgan fingerprint density at radius 3 is 2.44 bits per heavy atom. The molecule has 0 atom stereocenters. The SMILES string of the molecule is CCN(CC1CCN(C(=NC)NCc2cccc(OC)c2OC)CC1)C(=O)OC(C)(C)C. The molecule has 1 fully saturated rings. The van der Waals surface area contributed by atoms with Crippen molar-refractivity contribution < 1.29 is 19.0 Å². The van der Waals surface area contributed by atoms with Crippen LogP contribution in [0.4, 0.5) is 4.79 Å². The Labute approximate surface area is 192 Å². The van der Waals surface area contributed by atoms with Crippen molar-refractivity contribution in [1.29, 1.82) is 0 Å². The molecule has 8 heteroatoms. The molecule has 1 aromatic rings. The number of hydrogen-bond acceptors (Lipinski definition) is 5. The number of benzene rings is 1. The number of amides is 1. The topological polar surface area (TPSA) is 75.6 Å². The van der Waals surface area contributed by atoms with Crippen LogP contribution >= 0.6 is 0 Å². The van der Waals surface area contributed by atoms with Crippen molar-refractivity contribution in [3.05, 3.63) is 23.8 Å². The number of ether oxygens (including phenoxy) is 3. The molecule has 0 spiro atoms. The molecule has 0 bridgehead atoms. The van der Waals surface area contributed by atoms with E-state index in [1.807, 2.05) is 50.8 Å². The number of para-hydroxylation sites is 1. The van der Waals surface area contributed by atoms with Gasteiger partial charge in [0, 0.05) is 45.3 Å². The van der Waals surface area contributed by atoms with Crippen molar-refractivity contribution in [2.24, 2.45) is 10.9 Å². The number of hydrogen-bond donors (Lipinski definition) is 1. The van der Waals surface area contributed by atoms with Crippen molar-refractivity contribution in [3.63, 3.8) is 0 Å². The summed E-state index contributed by atoms with van der Waals surface area (Å²) in [6.45, 7) is 11.5. The van der Waals surface area contributed by atoms with E-state index in [4.69, 9.17) is 14.2 Å². The molecule has 180 valence electrons. The van der Waals surface area contributed by atoms with Gasteiger partial charge in [-0.15, -0.1) is 0 Å². The first-order valence-electron chi connectivity index (χ1n) is 11.4. The number of nitrogens with zero attached hydrogens (tertiary/aromatic N) is 3. The van der Waals surface area contributed by atoms with Crippen LogP contribution in [0.3, 0.4) is 0 Å². The molecule has 0 unspecified atom stereocenters. The molecule has 0 aromatic heterocycles. The largest absolute Gasteiger partial charge is 0.493 e. The van der Waals surface area contributed by atoms with Crippen LogP contribution in [0.2, 0.25) is 0 Å². The summed E-state index contributed by atoms with van der Waals surface area (Å²) in [6.07, 6.45) is 1.78. The quantitative estimate of drug-likeness (QED) is 0.506. The van der Waals surface area contributed by atoms with Gasteiger partial charge >= 0.3 is 6.09 Å². The summed E-state index contributed by atoms with van der Waals surface area (Å²) in [5, 5.41) is 3.45. The van der Waals surface area contributed by atoms with Gasteiger partial charge < -0.3 is 29.3 Å². The minimum atomic E-state index is -0.475. The van der Waals surface area contributed by atoms with Crippen molar-refractivity contribution in [2.45, 2.75) is 52.7 Å². The maximum Gasteiger partial charge on any atom is 0.410 e. The first kappa shape index (κ1) is 25.6. The molecular formula is C24H40N4O4. The highest BCUT2D eigenvalue weighted by Gasteiger charge is 2.27. The minimum Gasteiger partial charge on any atom is -0.493 e. The molecule has 2 rings (SSSR count). The zero-order chi connectivity index (χ0) is 23.7. The molecule has 1 amide bonds. The van der Waals surface area contributed by atoms with E-state index in [9.17, 15) is 4.79 Å². The third-order valence-electron chi connectivity index (χ3n) is 5.56. The van der Waals surface area contributed by atoms with Crippen LogP contribution in [0.15, 0.2) is 23.2 Å². The molecule has 1 aromatic carbocycles. The van der Waals surface area contributed by atoms with E-state index in [0.29, 0.717) is 24.8 Å². The predicted octanol–water partition coefficient (Wildman–Crippen LogP) is 3.75. The van der Waals surface area contributed by atoms with Crippen molar-refractivity contribution >= 4 is 12.1 Å². The van der Waals surface area contributed by atoms with Gasteiger partial charge in [0.2, 0.25) is 0 Å². The number of guanidine groups is 1. The average Bonchev–Trinajstić information content (AvgIpc) is 2.77. The van der Waals surface area contributed by atoms with Gasteiger partial charge in [0.05, 0.1) is 14.2 Å². The second-order valence-electron chi connectivity index (χ2n) is 9.00. The van der Waals surface area contributed by atoms with Gasteiger partial charge in [-0.05, 0) is 52.5 Å². The molecule has 8 nitrogen and oxygen atoms in total. The molecule has 0 aliphatic carbocycles. The highest BCUT2D eigenvalue weighted by Crippen LogP contribution is 2.30. The van der Waals surface area contributed by atoms with Gasteiger partial charge in [-0.25, -0.2) is 4.79 Å². The zero-order valence-corrected chi connectivity index (χ0v) is 20.7. The van der Waals surface area contributed by atoms with E-state index >= 15 is 0 Å². The van der Waals surface area contributed by atoms with Gasteiger partial charge in [0.1, 0.15) is 5.60 Å². The molecule has 1 saturated heterocycles. The summed E-state index contributed by atoms with van der Waals surface area (Å²) >= 11 is 0. The fourth-order valence-corrected chi connectivity index (χ4v) is 3.90. The Balaban J connectivity index is 1.89. The highest BCUT2D eigenvalue weighted by atomic mass is 16.6. The van der Waals surface area contributed by atoms with Gasteiger partial charge in [-0.2, -0.15) is 0 Å². The van der Waals surface area contributed by atoms with Gasteiger partial charge in [-0.1, -0.05) is 12.1 Å². The smallest absolute Gasteiger partial charge is 0.410 e. The van der Waals surface area contributed by atoms with E-state index < -0.39 is 5.60 Å². The lowest BCUT2D eigenvalue weighted by Gasteiger charge is -2.36. The third-order valence-corrected chi connectivity index (χ3v) is 5.56. The molecule has 1 N–H and O–H groups in total. The lowest BCUT2D eigenvalue weighted by atomic mass is 9.96. The van der Waals surface area contributed by atoms with Crippen LogP contribution in [0.1, 0.15) is 46.1 Å². The maximum absolute atomic E-state index is 12.4. The molecule has 1 heterocycles. The molecule has 0 saturated carbocycles. The Kier molecular flexibility index (Phi) is 9.47. The Hall–Kier alpha value is -2.64. The first-order valence-corrected chi connectivity index (χ1v) is 11.4. The molecule has 32 heavy (non-hydrogen) atoms. The summed E-state index contributed by atoms with van der Waals surface area (Å²) in [4.78, 5) is 21.0. The van der Waals surface area contributed by atoms with Gasteiger partial charge in [-0.3, -0.25) is 4.99 Å². The number of methoxy groups -OCH3 is 2. The fourth-order valence-electron chi connectivity index (χ4n) is 3.90. The summed E-state index contributed by atoms with van der Waals surface area (Å²) in [5.74, 6) is 2.77. The van der Waals surface area contributed by atoms with E-state index in [1.165, 1.54) is 0 Å². The lowest BCUT2D eigenvalue weighted by Crippen LogP contribution is -2.47. The number of carbonyl (C=O) groups excluding carboxylic acids is 1. The van der Waals surface area contributed by atoms with Crippen LogP contribution in [-0.4, -0.2) is 74.9 Å². The molecule has 1 aliphatic heterocycles. The van der Waals surface area contributed by atoms with E-state index in [1.54, 1.807) is 21.3 Å². The van der Waals surface area contributed by atoms with Crippen molar-refractivity contribution in [1.82, 2.24) is 15.1 Å². The standard InChI is InChI=1S/C24H40N4O4/c1-8-27(23(29)32-24(2,3)4)17-18-12-14-28(15-13-18)22(25-5)26-16-19-10-9-11-20(30-6)21(19)31-7/h9-11,18H,8,12-17H2,1-7H3,(H,25,26). The van der Waals surface area contributed by atoms with Gasteiger partial charge in [0.15, 0.2) is 17.5 Å². The van der Waals surface area contributed by atoms with Crippen LogP contribution in [0, 0.1) is 5.92 Å². The fraction of sp³-hybridized carbons (Fsp3) is 0.667.